The van der Waals surface area contributed by atoms with E-state index >= 15 is 0 Å². The van der Waals surface area contributed by atoms with Crippen LogP contribution in [0.3, 0.4) is 0 Å². The van der Waals surface area contributed by atoms with Gasteiger partial charge in [-0.3, -0.25) is 4.99 Å². The van der Waals surface area contributed by atoms with Crippen molar-refractivity contribution in [2.24, 2.45) is 16.6 Å². The number of hydrogen-bond acceptors (Lipinski definition) is 4. The van der Waals surface area contributed by atoms with Gasteiger partial charge in [0.1, 0.15) is 11.5 Å². The molecule has 3 N–H and O–H groups in total. The fourth-order valence-corrected chi connectivity index (χ4v) is 2.79. The molecule has 0 aliphatic carbocycles. The molecule has 24 heavy (non-hydrogen) atoms. The molecule has 0 saturated carbocycles. The lowest BCUT2D eigenvalue weighted by atomic mass is 9.97. The minimum absolute atomic E-state index is 0.420. The van der Waals surface area contributed by atoms with Crippen LogP contribution in [-0.2, 0) is 0 Å². The van der Waals surface area contributed by atoms with E-state index in [0.717, 1.165) is 36.8 Å². The maximum atomic E-state index is 6.07. The van der Waals surface area contributed by atoms with Crippen LogP contribution in [0.1, 0.15) is 26.7 Å². The van der Waals surface area contributed by atoms with Crippen molar-refractivity contribution in [2.45, 2.75) is 26.7 Å². The van der Waals surface area contributed by atoms with Gasteiger partial charge in [-0.25, -0.2) is 0 Å². The van der Waals surface area contributed by atoms with Crippen LogP contribution in [0.5, 0.6) is 11.5 Å². The van der Waals surface area contributed by atoms with Crippen LogP contribution in [0, 0.1) is 5.92 Å². The highest BCUT2D eigenvalue weighted by molar-refractivity contribution is 5.94. The van der Waals surface area contributed by atoms with Crippen molar-refractivity contribution in [3.8, 4) is 11.5 Å². The fraction of sp³-hybridized carbons (Fsp3) is 0.611. The van der Waals surface area contributed by atoms with E-state index in [1.165, 1.54) is 12.8 Å². The average Bonchev–Trinajstić information content (AvgIpc) is 2.57. The number of nitrogens with zero attached hydrogens (tertiary/aromatic N) is 2. The van der Waals surface area contributed by atoms with Crippen molar-refractivity contribution >= 4 is 11.6 Å². The summed E-state index contributed by atoms with van der Waals surface area (Å²) < 4.78 is 11.2. The van der Waals surface area contributed by atoms with Crippen molar-refractivity contribution in [3.05, 3.63) is 18.2 Å². The molecule has 1 aromatic carbocycles. The molecule has 0 aromatic heterocycles. The molecule has 2 rings (SSSR count). The van der Waals surface area contributed by atoms with Crippen LogP contribution in [0.2, 0.25) is 0 Å². The van der Waals surface area contributed by atoms with Gasteiger partial charge in [0.25, 0.3) is 0 Å². The Balaban J connectivity index is 1.99. The first-order chi connectivity index (χ1) is 11.6. The molecule has 1 fully saturated rings. The van der Waals surface area contributed by atoms with Crippen LogP contribution in [-0.4, -0.2) is 50.8 Å². The molecular formula is C18H30N4O2. The van der Waals surface area contributed by atoms with Crippen LogP contribution in [0.25, 0.3) is 0 Å². The number of guanidine groups is 1. The lowest BCUT2D eigenvalue weighted by Gasteiger charge is -2.27. The normalized spacial score (nSPS) is 16.9. The summed E-state index contributed by atoms with van der Waals surface area (Å²) in [5, 5.41) is 3.15. The summed E-state index contributed by atoms with van der Waals surface area (Å²) in [5.74, 6) is 2.57. The number of piperidine rings is 1. The molecule has 1 aromatic rings. The van der Waals surface area contributed by atoms with E-state index in [4.69, 9.17) is 15.2 Å². The lowest BCUT2D eigenvalue weighted by molar-refractivity contribution is 0.224. The molecule has 6 nitrogen and oxygen atoms in total. The van der Waals surface area contributed by atoms with Gasteiger partial charge in [0.15, 0.2) is 5.96 Å². The van der Waals surface area contributed by atoms with Gasteiger partial charge in [-0.15, -0.1) is 0 Å². The standard InChI is InChI=1S/C18H30N4O2/c1-4-23-15-6-7-17(24-5-2)16(12-15)21-18(19)20-13-14-8-10-22(3)11-9-14/h6-7,12,14H,4-5,8-11,13H2,1-3H3,(H3,19,20,21). The third-order valence-corrected chi connectivity index (χ3v) is 4.18. The molecule has 0 radical (unpaired) electrons. The van der Waals surface area contributed by atoms with E-state index < -0.39 is 0 Å². The number of benzene rings is 1. The van der Waals surface area contributed by atoms with Crippen molar-refractivity contribution in [1.82, 2.24) is 4.90 Å². The van der Waals surface area contributed by atoms with Crippen LogP contribution in [0.4, 0.5) is 5.69 Å². The Labute approximate surface area is 145 Å². The van der Waals surface area contributed by atoms with E-state index in [1.54, 1.807) is 0 Å². The SMILES string of the molecule is CCOc1ccc(OCC)c(NC(N)=NCC2CCN(C)CC2)c1. The highest BCUT2D eigenvalue weighted by Gasteiger charge is 2.16. The second kappa shape index (κ2) is 9.37. The maximum Gasteiger partial charge on any atom is 0.193 e. The highest BCUT2D eigenvalue weighted by Crippen LogP contribution is 2.29. The van der Waals surface area contributed by atoms with Gasteiger partial charge in [-0.2, -0.15) is 0 Å². The maximum absolute atomic E-state index is 6.07. The molecule has 6 heteroatoms. The third-order valence-electron chi connectivity index (χ3n) is 4.18. The monoisotopic (exact) mass is 334 g/mol. The number of hydrogen-bond donors (Lipinski definition) is 2. The van der Waals surface area contributed by atoms with Gasteiger partial charge < -0.3 is 25.4 Å². The molecule has 1 aliphatic heterocycles. The van der Waals surface area contributed by atoms with E-state index in [0.29, 0.717) is 25.1 Å². The minimum atomic E-state index is 0.420. The van der Waals surface area contributed by atoms with Gasteiger partial charge in [0, 0.05) is 12.6 Å². The number of likely N-dealkylation sites (tertiary alicyclic amines) is 1. The second-order valence-corrected chi connectivity index (χ2v) is 6.12. The first kappa shape index (κ1) is 18.4. The van der Waals surface area contributed by atoms with Gasteiger partial charge in [-0.1, -0.05) is 0 Å². The summed E-state index contributed by atoms with van der Waals surface area (Å²) in [4.78, 5) is 6.87. The Bertz CT molecular complexity index is 540. The van der Waals surface area contributed by atoms with Gasteiger partial charge >= 0.3 is 0 Å². The summed E-state index contributed by atoms with van der Waals surface area (Å²) in [6, 6.07) is 5.68. The Hall–Kier alpha value is -1.95. The Morgan fingerprint density at radius 1 is 1.25 bits per heavy atom. The summed E-state index contributed by atoms with van der Waals surface area (Å²) in [7, 11) is 2.16. The van der Waals surface area contributed by atoms with Gasteiger partial charge in [-0.05, 0) is 64.9 Å². The molecular weight excluding hydrogens is 304 g/mol. The molecule has 0 atom stereocenters. The first-order valence-electron chi connectivity index (χ1n) is 8.77. The van der Waals surface area contributed by atoms with Crippen molar-refractivity contribution in [3.63, 3.8) is 0 Å². The quantitative estimate of drug-likeness (QED) is 0.592. The first-order valence-corrected chi connectivity index (χ1v) is 8.77. The van der Waals surface area contributed by atoms with Crippen molar-refractivity contribution < 1.29 is 9.47 Å². The van der Waals surface area contributed by atoms with Gasteiger partial charge in [0.2, 0.25) is 0 Å². The number of ether oxygens (including phenoxy) is 2. The Kier molecular flexibility index (Phi) is 7.18. The number of nitrogens with two attached hydrogens (primary N) is 1. The zero-order chi connectivity index (χ0) is 17.4. The third kappa shape index (κ3) is 5.60. The van der Waals surface area contributed by atoms with Crippen LogP contribution >= 0.6 is 0 Å². The molecule has 1 saturated heterocycles. The largest absolute Gasteiger partial charge is 0.494 e. The Morgan fingerprint density at radius 2 is 1.96 bits per heavy atom. The summed E-state index contributed by atoms with van der Waals surface area (Å²) in [5.41, 5.74) is 6.86. The number of aliphatic imine (C=N–C) groups is 1. The number of rotatable bonds is 7. The van der Waals surface area contributed by atoms with E-state index in [-0.39, 0.29) is 0 Å². The van der Waals surface area contributed by atoms with E-state index in [1.807, 2.05) is 32.0 Å². The predicted molar refractivity (Wildman–Crippen MR) is 99.1 cm³/mol. The molecule has 0 amide bonds. The average molecular weight is 334 g/mol. The number of nitrogens with one attached hydrogen (secondary N) is 1. The summed E-state index contributed by atoms with van der Waals surface area (Å²) in [6.45, 7) is 8.17. The molecule has 134 valence electrons. The van der Waals surface area contributed by atoms with Crippen molar-refractivity contribution in [1.29, 1.82) is 0 Å². The molecule has 1 aliphatic rings. The second-order valence-electron chi connectivity index (χ2n) is 6.12. The summed E-state index contributed by atoms with van der Waals surface area (Å²) >= 11 is 0. The number of anilines is 1. The lowest BCUT2D eigenvalue weighted by Crippen LogP contribution is -2.32. The molecule has 0 unspecified atom stereocenters. The van der Waals surface area contributed by atoms with E-state index in [2.05, 4.69) is 22.3 Å². The Morgan fingerprint density at radius 3 is 2.62 bits per heavy atom. The minimum Gasteiger partial charge on any atom is -0.494 e. The molecule has 1 heterocycles. The summed E-state index contributed by atoms with van der Waals surface area (Å²) in [6.07, 6.45) is 2.36. The van der Waals surface area contributed by atoms with E-state index in [9.17, 15) is 0 Å². The smallest absolute Gasteiger partial charge is 0.193 e. The fourth-order valence-electron chi connectivity index (χ4n) is 2.79. The van der Waals surface area contributed by atoms with Crippen LogP contribution in [0.15, 0.2) is 23.2 Å². The topological polar surface area (TPSA) is 72.1 Å². The van der Waals surface area contributed by atoms with Crippen LogP contribution < -0.4 is 20.5 Å². The molecule has 0 spiro atoms. The van der Waals surface area contributed by atoms with Gasteiger partial charge in [0.05, 0.1) is 18.9 Å². The zero-order valence-electron chi connectivity index (χ0n) is 15.0. The predicted octanol–water partition coefficient (Wildman–Crippen LogP) is 2.55. The van der Waals surface area contributed by atoms with Crippen molar-refractivity contribution in [2.75, 3.05) is 45.2 Å². The molecule has 0 bridgehead atoms. The highest BCUT2D eigenvalue weighted by atomic mass is 16.5. The zero-order valence-corrected chi connectivity index (χ0v) is 15.0.